The van der Waals surface area contributed by atoms with Gasteiger partial charge in [0.1, 0.15) is 0 Å². The monoisotopic (exact) mass is 373 g/mol. The maximum Gasteiger partial charge on any atom is 0.256 e. The number of rotatable bonds is 2. The van der Waals surface area contributed by atoms with Crippen LogP contribution in [0.3, 0.4) is 0 Å². The average Bonchev–Trinajstić information content (AvgIpc) is 2.35. The minimum Gasteiger partial charge on any atom is -0.396 e. The van der Waals surface area contributed by atoms with Crippen LogP contribution >= 0.6 is 34.2 Å². The summed E-state index contributed by atoms with van der Waals surface area (Å²) in [7, 11) is 0. The van der Waals surface area contributed by atoms with Crippen molar-refractivity contribution in [3.05, 3.63) is 50.8 Å². The van der Waals surface area contributed by atoms with E-state index in [-0.39, 0.29) is 5.91 Å². The normalized spacial score (nSPS) is 10.1. The second kappa shape index (κ2) is 5.53. The van der Waals surface area contributed by atoms with Crippen molar-refractivity contribution in [2.24, 2.45) is 0 Å². The van der Waals surface area contributed by atoms with Gasteiger partial charge < -0.3 is 11.1 Å². The van der Waals surface area contributed by atoms with Gasteiger partial charge >= 0.3 is 0 Å². The Labute approximate surface area is 123 Å². The molecule has 18 heavy (non-hydrogen) atoms. The van der Waals surface area contributed by atoms with Gasteiger partial charge in [0.15, 0.2) is 0 Å². The number of hydrogen-bond donors (Lipinski definition) is 2. The molecule has 0 atom stereocenters. The molecule has 1 amide bonds. The van der Waals surface area contributed by atoms with Gasteiger partial charge in [-0.05, 0) is 46.9 Å². The van der Waals surface area contributed by atoms with Crippen LogP contribution in [0.2, 0.25) is 5.02 Å². The predicted molar refractivity (Wildman–Crippen MR) is 80.8 cm³/mol. The zero-order valence-electron chi connectivity index (χ0n) is 9.15. The molecule has 0 aliphatic carbocycles. The van der Waals surface area contributed by atoms with Crippen molar-refractivity contribution in [2.75, 3.05) is 11.1 Å². The highest BCUT2D eigenvalue weighted by Gasteiger charge is 2.12. The maximum atomic E-state index is 12.1. The van der Waals surface area contributed by atoms with E-state index in [1.54, 1.807) is 30.5 Å². The molecule has 0 radical (unpaired) electrons. The number of carbonyl (C=O) groups excluding carboxylic acids is 1. The highest BCUT2D eigenvalue weighted by Crippen LogP contribution is 2.21. The van der Waals surface area contributed by atoms with E-state index in [1.807, 2.05) is 0 Å². The molecule has 2 rings (SSSR count). The lowest BCUT2D eigenvalue weighted by Crippen LogP contribution is -2.14. The molecule has 0 spiro atoms. The Morgan fingerprint density at radius 2 is 2.17 bits per heavy atom. The number of aromatic nitrogens is 1. The van der Waals surface area contributed by atoms with E-state index in [2.05, 4.69) is 32.9 Å². The second-order valence-electron chi connectivity index (χ2n) is 3.54. The van der Waals surface area contributed by atoms with Gasteiger partial charge in [0, 0.05) is 14.8 Å². The molecule has 92 valence electrons. The summed E-state index contributed by atoms with van der Waals surface area (Å²) in [5.74, 6) is -0.250. The van der Waals surface area contributed by atoms with Crippen LogP contribution in [0.4, 0.5) is 11.4 Å². The van der Waals surface area contributed by atoms with Crippen LogP contribution in [0.1, 0.15) is 10.4 Å². The number of amides is 1. The van der Waals surface area contributed by atoms with E-state index in [1.165, 1.54) is 6.20 Å². The van der Waals surface area contributed by atoms with Crippen molar-refractivity contribution in [1.82, 2.24) is 4.98 Å². The van der Waals surface area contributed by atoms with Gasteiger partial charge in [-0.1, -0.05) is 11.6 Å². The van der Waals surface area contributed by atoms with Crippen LogP contribution in [-0.2, 0) is 0 Å². The van der Waals surface area contributed by atoms with Gasteiger partial charge in [0.05, 0.1) is 23.1 Å². The van der Waals surface area contributed by atoms with Crippen molar-refractivity contribution in [3.63, 3.8) is 0 Å². The van der Waals surface area contributed by atoms with E-state index < -0.39 is 0 Å². The molecule has 4 nitrogen and oxygen atoms in total. The lowest BCUT2D eigenvalue weighted by Gasteiger charge is -2.09. The first-order valence-corrected chi connectivity index (χ1v) is 6.49. The first-order valence-electron chi connectivity index (χ1n) is 5.04. The molecule has 0 unspecified atom stereocenters. The highest BCUT2D eigenvalue weighted by molar-refractivity contribution is 14.1. The third-order valence-corrected chi connectivity index (χ3v) is 3.45. The minimum absolute atomic E-state index is 0.250. The summed E-state index contributed by atoms with van der Waals surface area (Å²) in [6, 6.07) is 6.79. The number of nitrogens with two attached hydrogens (primary N) is 1. The fraction of sp³-hybridized carbons (Fsp3) is 0. The zero-order valence-corrected chi connectivity index (χ0v) is 12.1. The number of pyridine rings is 1. The van der Waals surface area contributed by atoms with Crippen LogP contribution in [0.15, 0.2) is 36.7 Å². The van der Waals surface area contributed by atoms with Gasteiger partial charge in [-0.3, -0.25) is 9.78 Å². The number of anilines is 2. The molecule has 2 aromatic rings. The molecule has 1 aromatic carbocycles. The molecule has 6 heteroatoms. The van der Waals surface area contributed by atoms with Crippen LogP contribution in [0.5, 0.6) is 0 Å². The molecular formula is C12H9ClIN3O. The first kappa shape index (κ1) is 13.1. The molecule has 0 bridgehead atoms. The van der Waals surface area contributed by atoms with E-state index in [9.17, 15) is 4.79 Å². The largest absolute Gasteiger partial charge is 0.396 e. The summed E-state index contributed by atoms with van der Waals surface area (Å²) in [6.07, 6.45) is 3.05. The van der Waals surface area contributed by atoms with Crippen LogP contribution in [-0.4, -0.2) is 10.9 Å². The summed E-state index contributed by atoms with van der Waals surface area (Å²) < 4.78 is 0.821. The third-order valence-electron chi connectivity index (χ3n) is 2.27. The smallest absolute Gasteiger partial charge is 0.256 e. The molecule has 1 heterocycles. The molecule has 0 aliphatic rings. The number of nitrogens with one attached hydrogen (secondary N) is 1. The summed E-state index contributed by atoms with van der Waals surface area (Å²) in [5.41, 5.74) is 7.18. The Kier molecular flexibility index (Phi) is 4.03. The summed E-state index contributed by atoms with van der Waals surface area (Å²) in [4.78, 5) is 15.9. The number of carbonyl (C=O) groups is 1. The van der Waals surface area contributed by atoms with Crippen molar-refractivity contribution in [3.8, 4) is 0 Å². The number of nitrogens with zero attached hydrogens (tertiary/aromatic N) is 1. The lowest BCUT2D eigenvalue weighted by atomic mass is 10.2. The predicted octanol–water partition coefficient (Wildman–Crippen LogP) is 3.17. The van der Waals surface area contributed by atoms with E-state index in [0.717, 1.165) is 3.57 Å². The summed E-state index contributed by atoms with van der Waals surface area (Å²) in [5, 5.41) is 3.24. The quantitative estimate of drug-likeness (QED) is 0.795. The Hall–Kier alpha value is -1.34. The van der Waals surface area contributed by atoms with Crippen LogP contribution in [0, 0.1) is 3.57 Å². The molecule has 0 fully saturated rings. The Morgan fingerprint density at radius 3 is 2.89 bits per heavy atom. The molecular weight excluding hydrogens is 365 g/mol. The van der Waals surface area contributed by atoms with Gasteiger partial charge in [-0.2, -0.15) is 0 Å². The van der Waals surface area contributed by atoms with Gasteiger partial charge in [0.2, 0.25) is 0 Å². The number of hydrogen-bond acceptors (Lipinski definition) is 3. The number of halogens is 2. The third kappa shape index (κ3) is 2.91. The first-order chi connectivity index (χ1) is 8.58. The molecule has 1 aromatic heterocycles. The molecule has 0 aliphatic heterocycles. The number of benzene rings is 1. The van der Waals surface area contributed by atoms with Crippen molar-refractivity contribution in [2.45, 2.75) is 0 Å². The van der Waals surface area contributed by atoms with Crippen LogP contribution < -0.4 is 11.1 Å². The molecule has 3 N–H and O–H groups in total. The Bertz CT molecular complexity index is 604. The van der Waals surface area contributed by atoms with Gasteiger partial charge in [-0.25, -0.2) is 0 Å². The zero-order chi connectivity index (χ0) is 13.1. The van der Waals surface area contributed by atoms with Gasteiger partial charge in [-0.15, -0.1) is 0 Å². The van der Waals surface area contributed by atoms with Gasteiger partial charge in [0.25, 0.3) is 5.91 Å². The summed E-state index contributed by atoms with van der Waals surface area (Å²) in [6.45, 7) is 0. The fourth-order valence-electron chi connectivity index (χ4n) is 1.38. The Balaban J connectivity index is 2.28. The van der Waals surface area contributed by atoms with Crippen molar-refractivity contribution in [1.29, 1.82) is 0 Å². The van der Waals surface area contributed by atoms with Crippen LogP contribution in [0.25, 0.3) is 0 Å². The Morgan fingerprint density at radius 1 is 1.39 bits per heavy atom. The number of nitrogen functional groups attached to an aromatic ring is 1. The topological polar surface area (TPSA) is 68.0 Å². The highest BCUT2D eigenvalue weighted by atomic mass is 127. The molecule has 0 saturated heterocycles. The average molecular weight is 374 g/mol. The van der Waals surface area contributed by atoms with E-state index in [0.29, 0.717) is 22.0 Å². The van der Waals surface area contributed by atoms with E-state index in [4.69, 9.17) is 17.3 Å². The SMILES string of the molecule is Nc1cnccc1NC(=O)c1cc(Cl)ccc1I. The molecule has 0 saturated carbocycles. The minimum atomic E-state index is -0.250. The fourth-order valence-corrected chi connectivity index (χ4v) is 2.13. The lowest BCUT2D eigenvalue weighted by molar-refractivity contribution is 0.102. The van der Waals surface area contributed by atoms with E-state index >= 15 is 0 Å². The second-order valence-corrected chi connectivity index (χ2v) is 5.14. The standard InChI is InChI=1S/C12H9ClIN3O/c13-7-1-2-9(14)8(5-7)12(18)17-11-3-4-16-6-10(11)15/h1-6H,15H2,(H,16,17,18). The summed E-state index contributed by atoms with van der Waals surface area (Å²) >= 11 is 7.96. The van der Waals surface area contributed by atoms with Crippen molar-refractivity contribution >= 4 is 51.5 Å². The van der Waals surface area contributed by atoms with Crippen molar-refractivity contribution < 1.29 is 4.79 Å². The maximum absolute atomic E-state index is 12.1.